The molecular formula is C30H28N2. The van der Waals surface area contributed by atoms with E-state index in [1.165, 1.54) is 54.9 Å². The van der Waals surface area contributed by atoms with Crippen molar-refractivity contribution >= 4 is 21.5 Å². The second-order valence-electron chi connectivity index (χ2n) is 8.30. The summed E-state index contributed by atoms with van der Waals surface area (Å²) in [5, 5.41) is 5.07. The molecule has 0 heterocycles. The maximum absolute atomic E-state index is 5.94. The number of hydrogen-bond donors (Lipinski definition) is 2. The Bertz CT molecular complexity index is 1280. The number of benzene rings is 5. The molecule has 0 unspecified atom stereocenters. The van der Waals surface area contributed by atoms with Crippen molar-refractivity contribution in [3.05, 3.63) is 108 Å². The van der Waals surface area contributed by atoms with Crippen LogP contribution in [0.5, 0.6) is 0 Å². The molecule has 32 heavy (non-hydrogen) atoms. The molecule has 5 rings (SSSR count). The summed E-state index contributed by atoms with van der Waals surface area (Å²) in [6.45, 7) is 1.28. The lowest BCUT2D eigenvalue weighted by Gasteiger charge is -2.16. The SMILES string of the molecule is NCCc1ccc2ccccc2c1-c1ccc(-c2c(CCN)ccc3ccccc23)cc1. The van der Waals surface area contributed by atoms with Crippen LogP contribution >= 0.6 is 0 Å². The molecule has 0 aromatic heterocycles. The summed E-state index contributed by atoms with van der Waals surface area (Å²) in [6, 6.07) is 35.1. The second-order valence-corrected chi connectivity index (χ2v) is 8.30. The lowest BCUT2D eigenvalue weighted by atomic mass is 9.88. The molecule has 0 atom stereocenters. The molecule has 0 saturated heterocycles. The molecule has 5 aromatic rings. The topological polar surface area (TPSA) is 52.0 Å². The van der Waals surface area contributed by atoms with Gasteiger partial charge in [0.05, 0.1) is 0 Å². The summed E-state index contributed by atoms with van der Waals surface area (Å²) >= 11 is 0. The summed E-state index contributed by atoms with van der Waals surface area (Å²) in [4.78, 5) is 0. The van der Waals surface area contributed by atoms with Gasteiger partial charge in [-0.1, -0.05) is 97.1 Å². The fraction of sp³-hybridized carbons (Fsp3) is 0.133. The third-order valence-electron chi connectivity index (χ3n) is 6.32. The van der Waals surface area contributed by atoms with Gasteiger partial charge in [-0.05, 0) is 80.9 Å². The predicted molar refractivity (Wildman–Crippen MR) is 138 cm³/mol. The van der Waals surface area contributed by atoms with Gasteiger partial charge in [0, 0.05) is 0 Å². The average molecular weight is 417 g/mol. The Labute approximate surface area is 189 Å². The maximum Gasteiger partial charge on any atom is -0.00365 e. The van der Waals surface area contributed by atoms with Crippen LogP contribution in [0.3, 0.4) is 0 Å². The Balaban J connectivity index is 1.67. The first-order valence-corrected chi connectivity index (χ1v) is 11.3. The highest BCUT2D eigenvalue weighted by Gasteiger charge is 2.13. The van der Waals surface area contributed by atoms with Crippen LogP contribution in [0.25, 0.3) is 43.8 Å². The van der Waals surface area contributed by atoms with E-state index in [1.807, 2.05) is 0 Å². The van der Waals surface area contributed by atoms with E-state index in [9.17, 15) is 0 Å². The highest BCUT2D eigenvalue weighted by molar-refractivity contribution is 6.00. The Morgan fingerprint density at radius 3 is 1.25 bits per heavy atom. The van der Waals surface area contributed by atoms with Crippen LogP contribution in [0.15, 0.2) is 97.1 Å². The number of hydrogen-bond acceptors (Lipinski definition) is 2. The Morgan fingerprint density at radius 2 is 0.844 bits per heavy atom. The molecule has 0 saturated carbocycles. The highest BCUT2D eigenvalue weighted by Crippen LogP contribution is 2.36. The van der Waals surface area contributed by atoms with Crippen molar-refractivity contribution in [3.8, 4) is 22.3 Å². The molecular weight excluding hydrogens is 388 g/mol. The lowest BCUT2D eigenvalue weighted by Crippen LogP contribution is -2.04. The third kappa shape index (κ3) is 3.69. The summed E-state index contributed by atoms with van der Waals surface area (Å²) in [5.41, 5.74) is 19.5. The van der Waals surface area contributed by atoms with Crippen molar-refractivity contribution < 1.29 is 0 Å². The molecule has 4 N–H and O–H groups in total. The van der Waals surface area contributed by atoms with Gasteiger partial charge in [-0.15, -0.1) is 0 Å². The van der Waals surface area contributed by atoms with Crippen molar-refractivity contribution in [2.24, 2.45) is 11.5 Å². The molecule has 0 radical (unpaired) electrons. The van der Waals surface area contributed by atoms with Gasteiger partial charge in [0.2, 0.25) is 0 Å². The predicted octanol–water partition coefficient (Wildman–Crippen LogP) is 6.33. The number of nitrogens with two attached hydrogens (primary N) is 2. The Kier molecular flexibility index (Phi) is 5.72. The molecule has 0 aliphatic carbocycles. The largest absolute Gasteiger partial charge is 0.330 e. The minimum atomic E-state index is 0.641. The molecule has 0 bridgehead atoms. The van der Waals surface area contributed by atoms with E-state index in [2.05, 4.69) is 97.1 Å². The molecule has 0 fully saturated rings. The Morgan fingerprint density at radius 1 is 0.438 bits per heavy atom. The number of rotatable bonds is 6. The minimum Gasteiger partial charge on any atom is -0.330 e. The van der Waals surface area contributed by atoms with Gasteiger partial charge in [0.15, 0.2) is 0 Å². The van der Waals surface area contributed by atoms with Gasteiger partial charge in [-0.25, -0.2) is 0 Å². The van der Waals surface area contributed by atoms with Crippen LogP contribution in [0.2, 0.25) is 0 Å². The van der Waals surface area contributed by atoms with Gasteiger partial charge >= 0.3 is 0 Å². The van der Waals surface area contributed by atoms with E-state index in [-0.39, 0.29) is 0 Å². The summed E-state index contributed by atoms with van der Waals surface area (Å²) in [5.74, 6) is 0. The fourth-order valence-electron chi connectivity index (χ4n) is 4.85. The first-order chi connectivity index (χ1) is 15.8. The molecule has 0 aliphatic heterocycles. The van der Waals surface area contributed by atoms with Gasteiger partial charge < -0.3 is 11.5 Å². The summed E-state index contributed by atoms with van der Waals surface area (Å²) in [7, 11) is 0. The van der Waals surface area contributed by atoms with E-state index in [0.717, 1.165) is 12.8 Å². The van der Waals surface area contributed by atoms with Crippen LogP contribution in [-0.4, -0.2) is 13.1 Å². The molecule has 0 aliphatic rings. The summed E-state index contributed by atoms with van der Waals surface area (Å²) < 4.78 is 0. The van der Waals surface area contributed by atoms with E-state index >= 15 is 0 Å². The van der Waals surface area contributed by atoms with E-state index in [1.54, 1.807) is 0 Å². The number of fused-ring (bicyclic) bond motifs is 2. The second kappa shape index (κ2) is 8.96. The highest BCUT2D eigenvalue weighted by atomic mass is 14.5. The van der Waals surface area contributed by atoms with Gasteiger partial charge in [0.25, 0.3) is 0 Å². The fourth-order valence-corrected chi connectivity index (χ4v) is 4.85. The standard InChI is InChI=1S/C30H28N2/c31-19-17-25-11-9-21-5-1-3-7-27(21)29(25)23-13-15-24(16-14-23)30-26(18-20-32)12-10-22-6-2-4-8-28(22)30/h1-16H,17-20,31-32H2. The first-order valence-electron chi connectivity index (χ1n) is 11.3. The van der Waals surface area contributed by atoms with Gasteiger partial charge in [0.1, 0.15) is 0 Å². The van der Waals surface area contributed by atoms with E-state index in [4.69, 9.17) is 11.5 Å². The van der Waals surface area contributed by atoms with Crippen molar-refractivity contribution in [1.29, 1.82) is 0 Å². The third-order valence-corrected chi connectivity index (χ3v) is 6.32. The van der Waals surface area contributed by atoms with Crippen LogP contribution in [0.4, 0.5) is 0 Å². The minimum absolute atomic E-state index is 0.641. The summed E-state index contributed by atoms with van der Waals surface area (Å²) in [6.07, 6.45) is 1.73. The first kappa shape index (κ1) is 20.4. The zero-order valence-corrected chi connectivity index (χ0v) is 18.2. The van der Waals surface area contributed by atoms with Crippen LogP contribution < -0.4 is 11.5 Å². The van der Waals surface area contributed by atoms with Gasteiger partial charge in [-0.3, -0.25) is 0 Å². The normalized spacial score (nSPS) is 11.3. The molecule has 158 valence electrons. The van der Waals surface area contributed by atoms with Crippen LogP contribution in [0.1, 0.15) is 11.1 Å². The smallest absolute Gasteiger partial charge is 0.00365 e. The zero-order chi connectivity index (χ0) is 21.9. The molecule has 0 spiro atoms. The molecule has 5 aromatic carbocycles. The average Bonchev–Trinajstić information content (AvgIpc) is 2.84. The Hall–Kier alpha value is -3.46. The van der Waals surface area contributed by atoms with E-state index < -0.39 is 0 Å². The zero-order valence-electron chi connectivity index (χ0n) is 18.2. The van der Waals surface area contributed by atoms with E-state index in [0.29, 0.717) is 13.1 Å². The van der Waals surface area contributed by atoms with Crippen LogP contribution in [0, 0.1) is 0 Å². The molecule has 2 nitrogen and oxygen atoms in total. The lowest BCUT2D eigenvalue weighted by molar-refractivity contribution is 0.972. The van der Waals surface area contributed by atoms with Crippen LogP contribution in [-0.2, 0) is 12.8 Å². The molecule has 2 heteroatoms. The van der Waals surface area contributed by atoms with Crippen molar-refractivity contribution in [2.45, 2.75) is 12.8 Å². The van der Waals surface area contributed by atoms with Crippen molar-refractivity contribution in [2.75, 3.05) is 13.1 Å². The molecule has 0 amide bonds. The quantitative estimate of drug-likeness (QED) is 0.340. The van der Waals surface area contributed by atoms with Gasteiger partial charge in [-0.2, -0.15) is 0 Å². The van der Waals surface area contributed by atoms with Crippen molar-refractivity contribution in [3.63, 3.8) is 0 Å². The van der Waals surface area contributed by atoms with Crippen molar-refractivity contribution in [1.82, 2.24) is 0 Å². The monoisotopic (exact) mass is 416 g/mol. The maximum atomic E-state index is 5.94.